The van der Waals surface area contributed by atoms with E-state index in [1.54, 1.807) is 7.11 Å². The fourth-order valence-electron chi connectivity index (χ4n) is 1.56. The van der Waals surface area contributed by atoms with Crippen LogP contribution in [0.4, 0.5) is 0 Å². The highest BCUT2D eigenvalue weighted by Crippen LogP contribution is 2.23. The van der Waals surface area contributed by atoms with E-state index in [0.717, 1.165) is 19.3 Å². The summed E-state index contributed by atoms with van der Waals surface area (Å²) >= 11 is 0. The van der Waals surface area contributed by atoms with E-state index >= 15 is 0 Å². The molecule has 0 aromatic rings. The second-order valence-electron chi connectivity index (χ2n) is 5.18. The Balaban J connectivity index is 3.52. The molecule has 1 N–H and O–H groups in total. The zero-order valence-electron chi connectivity index (χ0n) is 10.2. The van der Waals surface area contributed by atoms with Crippen LogP contribution in [0.25, 0.3) is 0 Å². The second kappa shape index (κ2) is 7.24. The summed E-state index contributed by atoms with van der Waals surface area (Å²) in [7, 11) is 1.76. The van der Waals surface area contributed by atoms with E-state index < -0.39 is 0 Å². The molecule has 0 saturated heterocycles. The Kier molecular flexibility index (Phi) is 7.20. The van der Waals surface area contributed by atoms with E-state index in [-0.39, 0.29) is 6.61 Å². The number of hydrogen-bond acceptors (Lipinski definition) is 2. The predicted octanol–water partition coefficient (Wildman–Crippen LogP) is 2.99. The molecular weight excluding hydrogens is 176 g/mol. The van der Waals surface area contributed by atoms with Crippen LogP contribution in [0.15, 0.2) is 0 Å². The van der Waals surface area contributed by atoms with Crippen molar-refractivity contribution >= 4 is 0 Å². The van der Waals surface area contributed by atoms with Crippen molar-refractivity contribution in [2.24, 2.45) is 5.41 Å². The maximum Gasteiger partial charge on any atom is 0.0572 e. The van der Waals surface area contributed by atoms with Crippen molar-refractivity contribution < 1.29 is 9.84 Å². The number of rotatable bonds is 7. The topological polar surface area (TPSA) is 29.5 Å². The molecule has 0 spiro atoms. The average molecular weight is 202 g/mol. The van der Waals surface area contributed by atoms with Crippen LogP contribution in [0.3, 0.4) is 0 Å². The lowest BCUT2D eigenvalue weighted by molar-refractivity contribution is 0.0766. The molecule has 0 heterocycles. The van der Waals surface area contributed by atoms with Crippen LogP contribution in [0.5, 0.6) is 0 Å². The van der Waals surface area contributed by atoms with Gasteiger partial charge in [0.15, 0.2) is 0 Å². The lowest BCUT2D eigenvalue weighted by Crippen LogP contribution is -2.13. The molecule has 0 saturated carbocycles. The van der Waals surface area contributed by atoms with Crippen LogP contribution in [0, 0.1) is 5.41 Å². The number of methoxy groups -OCH3 is 1. The number of ether oxygens (including phenoxy) is 1. The molecule has 0 aliphatic rings. The largest absolute Gasteiger partial charge is 0.396 e. The molecule has 14 heavy (non-hydrogen) atoms. The van der Waals surface area contributed by atoms with E-state index in [1.807, 2.05) is 0 Å². The van der Waals surface area contributed by atoms with Gasteiger partial charge in [0.1, 0.15) is 0 Å². The molecule has 1 atom stereocenters. The molecule has 86 valence electrons. The number of aliphatic hydroxyl groups is 1. The molecule has 0 bridgehead atoms. The van der Waals surface area contributed by atoms with Gasteiger partial charge >= 0.3 is 0 Å². The molecule has 0 amide bonds. The summed E-state index contributed by atoms with van der Waals surface area (Å²) < 4.78 is 5.36. The first-order chi connectivity index (χ1) is 6.49. The Bertz CT molecular complexity index is 127. The van der Waals surface area contributed by atoms with Crippen molar-refractivity contribution in [3.05, 3.63) is 0 Å². The van der Waals surface area contributed by atoms with Gasteiger partial charge in [0, 0.05) is 13.7 Å². The number of hydrogen-bond donors (Lipinski definition) is 1. The summed E-state index contributed by atoms with van der Waals surface area (Å²) in [5.74, 6) is 0. The molecular formula is C12H26O2. The zero-order chi connectivity index (χ0) is 11.0. The summed E-state index contributed by atoms with van der Waals surface area (Å²) in [4.78, 5) is 0. The Morgan fingerprint density at radius 3 is 2.14 bits per heavy atom. The monoisotopic (exact) mass is 202 g/mol. The first-order valence-corrected chi connectivity index (χ1v) is 5.63. The lowest BCUT2D eigenvalue weighted by Gasteiger charge is -2.20. The van der Waals surface area contributed by atoms with E-state index in [9.17, 15) is 0 Å². The molecule has 0 aliphatic carbocycles. The Morgan fingerprint density at radius 1 is 1.14 bits per heavy atom. The van der Waals surface area contributed by atoms with E-state index in [4.69, 9.17) is 9.84 Å². The van der Waals surface area contributed by atoms with Crippen LogP contribution in [0.1, 0.15) is 52.9 Å². The molecule has 2 heteroatoms. The van der Waals surface area contributed by atoms with Crippen LogP contribution in [-0.2, 0) is 4.74 Å². The fourth-order valence-corrected chi connectivity index (χ4v) is 1.56. The van der Waals surface area contributed by atoms with Crippen molar-refractivity contribution in [3.8, 4) is 0 Å². The van der Waals surface area contributed by atoms with Crippen molar-refractivity contribution in [2.45, 2.75) is 59.0 Å². The van der Waals surface area contributed by atoms with E-state index in [1.165, 1.54) is 12.8 Å². The predicted molar refractivity (Wildman–Crippen MR) is 60.4 cm³/mol. The minimum atomic E-state index is 0.277. The van der Waals surface area contributed by atoms with Gasteiger partial charge in [-0.2, -0.15) is 0 Å². The first-order valence-electron chi connectivity index (χ1n) is 5.63. The van der Waals surface area contributed by atoms with Gasteiger partial charge < -0.3 is 9.84 Å². The molecule has 0 aromatic heterocycles. The fraction of sp³-hybridized carbons (Fsp3) is 1.00. The van der Waals surface area contributed by atoms with Gasteiger partial charge in [-0.05, 0) is 31.1 Å². The minimum absolute atomic E-state index is 0.277. The van der Waals surface area contributed by atoms with Crippen molar-refractivity contribution in [3.63, 3.8) is 0 Å². The summed E-state index contributed by atoms with van der Waals surface area (Å²) in [6.45, 7) is 7.08. The average Bonchev–Trinajstić information content (AvgIpc) is 2.09. The Morgan fingerprint density at radius 2 is 1.71 bits per heavy atom. The van der Waals surface area contributed by atoms with Crippen LogP contribution in [-0.4, -0.2) is 24.9 Å². The van der Waals surface area contributed by atoms with E-state index in [0.29, 0.717) is 11.5 Å². The molecule has 2 nitrogen and oxygen atoms in total. The first kappa shape index (κ1) is 13.9. The quantitative estimate of drug-likeness (QED) is 0.687. The summed E-state index contributed by atoms with van der Waals surface area (Å²) in [5.41, 5.74) is 0.426. The van der Waals surface area contributed by atoms with Gasteiger partial charge in [-0.3, -0.25) is 0 Å². The van der Waals surface area contributed by atoms with Gasteiger partial charge in [-0.25, -0.2) is 0 Å². The normalized spacial score (nSPS) is 14.4. The Hall–Kier alpha value is -0.0800. The summed E-state index contributed by atoms with van der Waals surface area (Å²) in [6, 6.07) is 0. The molecule has 0 unspecified atom stereocenters. The highest BCUT2D eigenvalue weighted by Gasteiger charge is 2.12. The van der Waals surface area contributed by atoms with Gasteiger partial charge in [0.05, 0.1) is 6.10 Å². The van der Waals surface area contributed by atoms with Crippen LogP contribution in [0.2, 0.25) is 0 Å². The highest BCUT2D eigenvalue weighted by molar-refractivity contribution is 4.64. The van der Waals surface area contributed by atoms with Gasteiger partial charge in [-0.1, -0.05) is 27.2 Å². The maximum atomic E-state index is 8.71. The van der Waals surface area contributed by atoms with Crippen molar-refractivity contribution in [1.82, 2.24) is 0 Å². The lowest BCUT2D eigenvalue weighted by atomic mass is 9.89. The molecule has 0 aromatic carbocycles. The molecule has 0 rings (SSSR count). The third-order valence-corrected chi connectivity index (χ3v) is 2.47. The molecule has 0 aliphatic heterocycles. The van der Waals surface area contributed by atoms with Gasteiger partial charge in [0.2, 0.25) is 0 Å². The summed E-state index contributed by atoms with van der Waals surface area (Å²) in [6.07, 6.45) is 5.75. The van der Waals surface area contributed by atoms with Crippen molar-refractivity contribution in [1.29, 1.82) is 0 Å². The summed E-state index contributed by atoms with van der Waals surface area (Å²) in [5, 5.41) is 8.71. The molecule has 0 fully saturated rings. The standard InChI is InChI=1S/C12H26O2/c1-12(2,3)9-5-7-11(14-4)8-6-10-13/h11,13H,5-10H2,1-4H3/t11-/m1/s1. The number of aliphatic hydroxyl groups excluding tert-OH is 1. The highest BCUT2D eigenvalue weighted by atomic mass is 16.5. The smallest absolute Gasteiger partial charge is 0.0572 e. The third-order valence-electron chi connectivity index (χ3n) is 2.47. The Labute approximate surface area is 88.7 Å². The van der Waals surface area contributed by atoms with Crippen LogP contribution < -0.4 is 0 Å². The third kappa shape index (κ3) is 8.52. The second-order valence-corrected chi connectivity index (χ2v) is 5.18. The molecule has 0 radical (unpaired) electrons. The van der Waals surface area contributed by atoms with E-state index in [2.05, 4.69) is 20.8 Å². The van der Waals surface area contributed by atoms with Gasteiger partial charge in [0.25, 0.3) is 0 Å². The van der Waals surface area contributed by atoms with Crippen molar-refractivity contribution in [2.75, 3.05) is 13.7 Å². The SMILES string of the molecule is CO[C@@H](CCCO)CCCC(C)(C)C. The van der Waals surface area contributed by atoms with Gasteiger partial charge in [-0.15, -0.1) is 0 Å². The minimum Gasteiger partial charge on any atom is -0.396 e. The maximum absolute atomic E-state index is 8.71. The van der Waals surface area contributed by atoms with Crippen LogP contribution >= 0.6 is 0 Å². The zero-order valence-corrected chi connectivity index (χ0v) is 10.2.